The fourth-order valence-electron chi connectivity index (χ4n) is 4.29. The fourth-order valence-corrected chi connectivity index (χ4v) is 4.29. The summed E-state index contributed by atoms with van der Waals surface area (Å²) in [5, 5.41) is 3.84. The van der Waals surface area contributed by atoms with Gasteiger partial charge in [0.05, 0.1) is 17.1 Å². The number of fused-ring (bicyclic) bond motifs is 2. The minimum absolute atomic E-state index is 0.110. The zero-order valence-corrected chi connectivity index (χ0v) is 16.4. The van der Waals surface area contributed by atoms with E-state index in [9.17, 15) is 9.59 Å². The highest BCUT2D eigenvalue weighted by molar-refractivity contribution is 6.11. The number of ketones is 1. The molecule has 29 heavy (non-hydrogen) atoms. The Morgan fingerprint density at radius 2 is 2.07 bits per heavy atom. The quantitative estimate of drug-likeness (QED) is 0.594. The van der Waals surface area contributed by atoms with Gasteiger partial charge in [0.25, 0.3) is 5.91 Å². The van der Waals surface area contributed by atoms with Gasteiger partial charge in [-0.3, -0.25) is 9.59 Å². The molecule has 2 aromatic carbocycles. The number of aromatic amines is 1. The first-order valence-electron chi connectivity index (χ1n) is 9.48. The minimum Gasteiger partial charge on any atom is -0.366 e. The highest BCUT2D eigenvalue weighted by Crippen LogP contribution is 2.41. The molecule has 0 radical (unpaired) electrons. The molecule has 0 saturated carbocycles. The van der Waals surface area contributed by atoms with Crippen LogP contribution in [-0.4, -0.2) is 23.2 Å². The van der Waals surface area contributed by atoms with Crippen LogP contribution in [0.5, 0.6) is 0 Å². The van der Waals surface area contributed by atoms with Crippen LogP contribution in [0.2, 0.25) is 0 Å². The van der Waals surface area contributed by atoms with Crippen molar-refractivity contribution in [3.8, 4) is 11.1 Å². The number of nitrogens with two attached hydrogens (primary N) is 1. The van der Waals surface area contributed by atoms with E-state index >= 15 is 4.39 Å². The van der Waals surface area contributed by atoms with Gasteiger partial charge in [-0.25, -0.2) is 4.39 Å². The van der Waals surface area contributed by atoms with E-state index in [1.807, 2.05) is 32.0 Å². The third kappa shape index (κ3) is 2.87. The molecule has 0 bridgehead atoms. The number of rotatable bonds is 4. The molecule has 0 fully saturated rings. The molecule has 1 amide bonds. The van der Waals surface area contributed by atoms with Crippen molar-refractivity contribution < 1.29 is 14.0 Å². The summed E-state index contributed by atoms with van der Waals surface area (Å²) in [6.07, 6.45) is 2.02. The Hall–Kier alpha value is -3.25. The Bertz CT molecular complexity index is 1190. The van der Waals surface area contributed by atoms with E-state index in [0.717, 1.165) is 28.8 Å². The summed E-state index contributed by atoms with van der Waals surface area (Å²) in [6, 6.07) is 6.24. The molecular formula is C23H22FN3O2. The lowest BCUT2D eigenvalue weighted by molar-refractivity contribution is -0.116. The summed E-state index contributed by atoms with van der Waals surface area (Å²) in [4.78, 5) is 27.6. The number of primary amides is 1. The van der Waals surface area contributed by atoms with Crippen LogP contribution < -0.4 is 11.1 Å². The molecule has 1 aromatic heterocycles. The van der Waals surface area contributed by atoms with Crippen molar-refractivity contribution in [2.24, 2.45) is 5.73 Å². The molecule has 4 rings (SSSR count). The molecule has 1 unspecified atom stereocenters. The average Bonchev–Trinajstić information content (AvgIpc) is 3.00. The highest BCUT2D eigenvalue weighted by Gasteiger charge is 2.30. The van der Waals surface area contributed by atoms with Crippen molar-refractivity contribution in [1.29, 1.82) is 0 Å². The van der Waals surface area contributed by atoms with E-state index in [2.05, 4.69) is 16.9 Å². The molecular weight excluding hydrogens is 369 g/mol. The van der Waals surface area contributed by atoms with Crippen LogP contribution in [0.25, 0.3) is 22.0 Å². The second kappa shape index (κ2) is 6.97. The summed E-state index contributed by atoms with van der Waals surface area (Å²) >= 11 is 0. The molecule has 6 heteroatoms. The van der Waals surface area contributed by atoms with E-state index < -0.39 is 17.8 Å². The maximum Gasteiger partial charge on any atom is 0.250 e. The SMILES string of the molecule is C=CC(=O)C1NCCc2cccc(-c3c(F)cc(C(N)=O)c4[nH]c(C)c(C)c34)c21. The Morgan fingerprint density at radius 3 is 2.76 bits per heavy atom. The standard InChI is InChI=1S/C23H22FN3O2/c1-4-17(28)22-19-13(8-9-26-22)6-5-7-14(19)20-16(24)10-15(23(25)29)21-18(20)11(2)12(3)27-21/h4-7,10,22,26-27H,1,8-9H2,2-3H3,(H2,25,29). The third-order valence-corrected chi connectivity index (χ3v) is 5.78. The van der Waals surface area contributed by atoms with E-state index in [1.54, 1.807) is 0 Å². The molecule has 0 aliphatic carbocycles. The predicted molar refractivity (Wildman–Crippen MR) is 111 cm³/mol. The molecule has 0 spiro atoms. The Kier molecular flexibility index (Phi) is 4.59. The second-order valence-corrected chi connectivity index (χ2v) is 7.39. The molecule has 1 aliphatic heterocycles. The van der Waals surface area contributed by atoms with Crippen LogP contribution in [0.3, 0.4) is 0 Å². The maximum absolute atomic E-state index is 15.4. The van der Waals surface area contributed by atoms with Crippen molar-refractivity contribution in [1.82, 2.24) is 10.3 Å². The second-order valence-electron chi connectivity index (χ2n) is 7.39. The lowest BCUT2D eigenvalue weighted by atomic mass is 9.83. The van der Waals surface area contributed by atoms with Crippen LogP contribution in [0, 0.1) is 19.7 Å². The van der Waals surface area contributed by atoms with Crippen molar-refractivity contribution in [3.63, 3.8) is 0 Å². The van der Waals surface area contributed by atoms with Gasteiger partial charge in [0.15, 0.2) is 5.78 Å². The number of hydrogen-bond donors (Lipinski definition) is 3. The topological polar surface area (TPSA) is 88.0 Å². The first kappa shape index (κ1) is 19.1. The van der Waals surface area contributed by atoms with Gasteiger partial charge < -0.3 is 16.0 Å². The number of H-pyrrole nitrogens is 1. The van der Waals surface area contributed by atoms with Crippen LogP contribution >= 0.6 is 0 Å². The molecule has 3 aromatic rings. The predicted octanol–water partition coefficient (Wildman–Crippen LogP) is 3.63. The van der Waals surface area contributed by atoms with Gasteiger partial charge >= 0.3 is 0 Å². The van der Waals surface area contributed by atoms with Crippen LogP contribution in [0.4, 0.5) is 4.39 Å². The van der Waals surface area contributed by atoms with E-state index in [-0.39, 0.29) is 11.3 Å². The molecule has 148 valence electrons. The van der Waals surface area contributed by atoms with E-state index in [0.29, 0.717) is 28.6 Å². The van der Waals surface area contributed by atoms with Crippen LogP contribution in [0.1, 0.15) is 38.8 Å². The average molecular weight is 391 g/mol. The summed E-state index contributed by atoms with van der Waals surface area (Å²) in [5.74, 6) is -1.40. The van der Waals surface area contributed by atoms with Gasteiger partial charge in [-0.1, -0.05) is 24.8 Å². The van der Waals surface area contributed by atoms with Crippen molar-refractivity contribution in [3.05, 3.63) is 70.7 Å². The monoisotopic (exact) mass is 391 g/mol. The summed E-state index contributed by atoms with van der Waals surface area (Å²) < 4.78 is 15.4. The Balaban J connectivity index is 2.11. The van der Waals surface area contributed by atoms with Gasteiger partial charge in [0, 0.05) is 23.2 Å². The fraction of sp³-hybridized carbons (Fsp3) is 0.217. The van der Waals surface area contributed by atoms with Crippen molar-refractivity contribution in [2.75, 3.05) is 6.54 Å². The number of benzene rings is 2. The molecule has 1 aliphatic rings. The molecule has 2 heterocycles. The maximum atomic E-state index is 15.4. The highest BCUT2D eigenvalue weighted by atomic mass is 19.1. The number of aromatic nitrogens is 1. The van der Waals surface area contributed by atoms with Gasteiger partial charge in [0.1, 0.15) is 5.82 Å². The van der Waals surface area contributed by atoms with E-state index in [4.69, 9.17) is 5.73 Å². The number of nitrogens with one attached hydrogen (secondary N) is 2. The number of carbonyl (C=O) groups is 2. The van der Waals surface area contributed by atoms with Gasteiger partial charge in [0.2, 0.25) is 0 Å². The van der Waals surface area contributed by atoms with Gasteiger partial charge in [-0.15, -0.1) is 0 Å². The first-order valence-corrected chi connectivity index (χ1v) is 9.48. The van der Waals surface area contributed by atoms with Crippen molar-refractivity contribution in [2.45, 2.75) is 26.3 Å². The summed E-state index contributed by atoms with van der Waals surface area (Å²) in [7, 11) is 0. The minimum atomic E-state index is -0.696. The largest absolute Gasteiger partial charge is 0.366 e. The summed E-state index contributed by atoms with van der Waals surface area (Å²) in [6.45, 7) is 8.01. The van der Waals surface area contributed by atoms with E-state index in [1.165, 1.54) is 12.1 Å². The molecule has 4 N–H and O–H groups in total. The third-order valence-electron chi connectivity index (χ3n) is 5.78. The lowest BCUT2D eigenvalue weighted by Crippen LogP contribution is -2.35. The van der Waals surface area contributed by atoms with Gasteiger partial charge in [-0.05, 0) is 54.7 Å². The number of halogens is 1. The summed E-state index contributed by atoms with van der Waals surface area (Å²) in [5.41, 5.74) is 10.5. The molecule has 1 atom stereocenters. The first-order chi connectivity index (χ1) is 13.8. The zero-order valence-electron chi connectivity index (χ0n) is 16.4. The van der Waals surface area contributed by atoms with Crippen LogP contribution in [-0.2, 0) is 11.2 Å². The number of carbonyl (C=O) groups excluding carboxylic acids is 2. The Labute approximate surface area is 167 Å². The number of amides is 1. The lowest BCUT2D eigenvalue weighted by Gasteiger charge is -2.28. The molecule has 0 saturated heterocycles. The van der Waals surface area contributed by atoms with Crippen molar-refractivity contribution >= 4 is 22.6 Å². The smallest absolute Gasteiger partial charge is 0.250 e. The number of aryl methyl sites for hydroxylation is 2. The van der Waals surface area contributed by atoms with Gasteiger partial charge in [-0.2, -0.15) is 0 Å². The normalized spacial score (nSPS) is 15.9. The number of hydrogen-bond acceptors (Lipinski definition) is 3. The van der Waals surface area contributed by atoms with Crippen LogP contribution in [0.15, 0.2) is 36.9 Å². The molecule has 5 nitrogen and oxygen atoms in total. The Morgan fingerprint density at radius 1 is 1.31 bits per heavy atom. The zero-order chi connectivity index (χ0) is 20.9.